The van der Waals surface area contributed by atoms with Gasteiger partial charge in [0, 0.05) is 16.1 Å². The van der Waals surface area contributed by atoms with E-state index in [1.54, 1.807) is 25.3 Å². The first kappa shape index (κ1) is 13.6. The van der Waals surface area contributed by atoms with Crippen LogP contribution >= 0.6 is 40.2 Å². The molecule has 0 aliphatic heterocycles. The van der Waals surface area contributed by atoms with E-state index in [0.29, 0.717) is 10.8 Å². The molecule has 0 N–H and O–H groups in total. The van der Waals surface area contributed by atoms with Crippen LogP contribution in [0.3, 0.4) is 0 Å². The highest BCUT2D eigenvalue weighted by atomic mass is 79.9. The number of benzene rings is 1. The van der Waals surface area contributed by atoms with Crippen molar-refractivity contribution in [3.8, 4) is 5.75 Å². The van der Waals surface area contributed by atoms with Crippen LogP contribution in [0.15, 0.2) is 28.9 Å². The molecular weight excluding hydrogens is 338 g/mol. The van der Waals surface area contributed by atoms with Crippen LogP contribution in [0.4, 0.5) is 0 Å². The fraction of sp³-hybridized carbons (Fsp3) is 0.167. The second-order valence-electron chi connectivity index (χ2n) is 3.73. The monoisotopic (exact) mass is 345 g/mol. The Balaban J connectivity index is 2.44. The minimum absolute atomic E-state index is 0.349. The van der Waals surface area contributed by atoms with E-state index in [9.17, 15) is 4.79 Å². The number of hydrogen-bond acceptors (Lipinski definition) is 3. The van der Waals surface area contributed by atoms with Gasteiger partial charge < -0.3 is 4.74 Å². The number of halogens is 2. The van der Waals surface area contributed by atoms with Gasteiger partial charge in [-0.05, 0) is 41.1 Å². The molecule has 0 radical (unpaired) electrons. The van der Waals surface area contributed by atoms with Crippen LogP contribution in [0.2, 0.25) is 5.02 Å². The highest BCUT2D eigenvalue weighted by Gasteiger charge is 2.13. The number of carbonyl (C=O) groups is 1. The Morgan fingerprint density at radius 1 is 1.50 bits per heavy atom. The van der Waals surface area contributed by atoms with Gasteiger partial charge in [-0.3, -0.25) is 9.78 Å². The molecule has 2 rings (SSSR count). The van der Waals surface area contributed by atoms with E-state index in [4.69, 9.17) is 16.3 Å². The summed E-state index contributed by atoms with van der Waals surface area (Å²) in [4.78, 5) is 15.3. The number of nitrogens with zero attached hydrogens (tertiary/aromatic N) is 1. The van der Waals surface area contributed by atoms with Gasteiger partial charge in [0.2, 0.25) is 5.12 Å². The molecule has 6 heteroatoms. The van der Waals surface area contributed by atoms with E-state index in [-0.39, 0.29) is 5.12 Å². The molecule has 2 aromatic rings. The van der Waals surface area contributed by atoms with Gasteiger partial charge in [0.25, 0.3) is 0 Å². The third-order valence-corrected chi connectivity index (χ3v) is 3.45. The third-order valence-electron chi connectivity index (χ3n) is 2.35. The molecule has 0 aliphatic carbocycles. The molecule has 1 aromatic carbocycles. The van der Waals surface area contributed by atoms with Crippen LogP contribution in [0, 0.1) is 0 Å². The summed E-state index contributed by atoms with van der Waals surface area (Å²) >= 11 is 13.1. The molecule has 0 saturated heterocycles. The van der Waals surface area contributed by atoms with Gasteiger partial charge in [-0.25, -0.2) is 0 Å². The summed E-state index contributed by atoms with van der Waals surface area (Å²) in [6.07, 6.45) is 1.04. The number of aromatic nitrogens is 1. The van der Waals surface area contributed by atoms with Crippen molar-refractivity contribution >= 4 is 56.2 Å². The third kappa shape index (κ3) is 2.96. The van der Waals surface area contributed by atoms with Crippen molar-refractivity contribution in [2.75, 3.05) is 0 Å². The smallest absolute Gasteiger partial charge is 0.226 e. The number of carbonyl (C=O) groups excluding carboxylic acids is 1. The van der Waals surface area contributed by atoms with E-state index in [2.05, 4.69) is 33.5 Å². The number of pyridine rings is 1. The van der Waals surface area contributed by atoms with Crippen molar-refractivity contribution in [1.29, 1.82) is 0 Å². The molecule has 18 heavy (non-hydrogen) atoms. The second-order valence-corrected chi connectivity index (χ2v) is 5.49. The van der Waals surface area contributed by atoms with Crippen molar-refractivity contribution in [2.45, 2.75) is 13.0 Å². The SMILES string of the molecule is CC(Oc1cc2cc(Br)cnc2cc1Cl)C(=O)S. The average Bonchev–Trinajstić information content (AvgIpc) is 2.30. The normalized spacial score (nSPS) is 12.4. The summed E-state index contributed by atoms with van der Waals surface area (Å²) in [6, 6.07) is 5.36. The summed E-state index contributed by atoms with van der Waals surface area (Å²) < 4.78 is 6.32. The minimum atomic E-state index is -0.650. The summed E-state index contributed by atoms with van der Waals surface area (Å²) in [7, 11) is 0. The maximum atomic E-state index is 11.1. The Labute approximate surface area is 123 Å². The average molecular weight is 347 g/mol. The van der Waals surface area contributed by atoms with E-state index < -0.39 is 6.10 Å². The number of rotatable bonds is 3. The molecule has 0 aliphatic rings. The first-order valence-corrected chi connectivity index (χ1v) is 6.73. The lowest BCUT2D eigenvalue weighted by Gasteiger charge is -2.13. The number of fused-ring (bicyclic) bond motifs is 1. The lowest BCUT2D eigenvalue weighted by Crippen LogP contribution is -2.19. The van der Waals surface area contributed by atoms with Crippen molar-refractivity contribution in [3.63, 3.8) is 0 Å². The van der Waals surface area contributed by atoms with Crippen LogP contribution in [0.25, 0.3) is 10.9 Å². The predicted octanol–water partition coefficient (Wildman–Crippen LogP) is 3.87. The van der Waals surface area contributed by atoms with Gasteiger partial charge in [0.1, 0.15) is 5.75 Å². The van der Waals surface area contributed by atoms with Crippen LogP contribution in [-0.2, 0) is 4.79 Å². The van der Waals surface area contributed by atoms with E-state index in [1.165, 1.54) is 0 Å². The fourth-order valence-electron chi connectivity index (χ4n) is 1.43. The quantitative estimate of drug-likeness (QED) is 0.857. The summed E-state index contributed by atoms with van der Waals surface area (Å²) in [6.45, 7) is 1.62. The second kappa shape index (κ2) is 5.47. The topological polar surface area (TPSA) is 39.2 Å². The molecule has 1 atom stereocenters. The Morgan fingerprint density at radius 2 is 2.22 bits per heavy atom. The Morgan fingerprint density at radius 3 is 2.89 bits per heavy atom. The number of ether oxygens (including phenoxy) is 1. The molecule has 94 valence electrons. The Kier molecular flexibility index (Phi) is 4.14. The van der Waals surface area contributed by atoms with E-state index in [1.807, 2.05) is 6.07 Å². The standard InChI is InChI=1S/C12H9BrClNO2S/c1-6(12(16)18)17-11-3-7-2-8(13)5-15-10(7)4-9(11)14/h2-6H,1H3,(H,16,18). The summed E-state index contributed by atoms with van der Waals surface area (Å²) in [5.41, 5.74) is 0.764. The molecule has 0 saturated carbocycles. The molecule has 1 aromatic heterocycles. The first-order chi connectivity index (χ1) is 8.47. The lowest BCUT2D eigenvalue weighted by atomic mass is 10.2. The van der Waals surface area contributed by atoms with E-state index in [0.717, 1.165) is 15.4 Å². The van der Waals surface area contributed by atoms with E-state index >= 15 is 0 Å². The Bertz CT molecular complexity index is 620. The van der Waals surface area contributed by atoms with Gasteiger partial charge in [-0.1, -0.05) is 11.6 Å². The van der Waals surface area contributed by atoms with Gasteiger partial charge >= 0.3 is 0 Å². The first-order valence-electron chi connectivity index (χ1n) is 5.11. The molecular formula is C12H9BrClNO2S. The van der Waals surface area contributed by atoms with Gasteiger partial charge in [0.05, 0.1) is 10.5 Å². The van der Waals surface area contributed by atoms with Crippen molar-refractivity contribution in [2.24, 2.45) is 0 Å². The van der Waals surface area contributed by atoms with Gasteiger partial charge in [-0.2, -0.15) is 0 Å². The van der Waals surface area contributed by atoms with Gasteiger partial charge in [0.15, 0.2) is 6.10 Å². The maximum absolute atomic E-state index is 11.1. The molecule has 1 heterocycles. The zero-order valence-corrected chi connectivity index (χ0v) is 12.6. The van der Waals surface area contributed by atoms with Crippen molar-refractivity contribution in [1.82, 2.24) is 4.98 Å². The van der Waals surface area contributed by atoms with Crippen LogP contribution < -0.4 is 4.74 Å². The largest absolute Gasteiger partial charge is 0.480 e. The van der Waals surface area contributed by atoms with Crippen molar-refractivity contribution < 1.29 is 9.53 Å². The maximum Gasteiger partial charge on any atom is 0.226 e. The number of thiol groups is 1. The van der Waals surface area contributed by atoms with Crippen LogP contribution in [-0.4, -0.2) is 16.2 Å². The molecule has 0 amide bonds. The molecule has 0 fully saturated rings. The zero-order chi connectivity index (χ0) is 13.3. The summed E-state index contributed by atoms with van der Waals surface area (Å²) in [5, 5.41) is 0.944. The van der Waals surface area contributed by atoms with Gasteiger partial charge in [-0.15, -0.1) is 12.6 Å². The molecule has 0 spiro atoms. The number of hydrogen-bond donors (Lipinski definition) is 1. The minimum Gasteiger partial charge on any atom is -0.480 e. The lowest BCUT2D eigenvalue weighted by molar-refractivity contribution is -0.116. The van der Waals surface area contributed by atoms with Crippen LogP contribution in [0.5, 0.6) is 5.75 Å². The summed E-state index contributed by atoms with van der Waals surface area (Å²) in [5.74, 6) is 0.443. The predicted molar refractivity (Wildman–Crippen MR) is 78.5 cm³/mol. The Hall–Kier alpha value is -0.780. The molecule has 3 nitrogen and oxygen atoms in total. The zero-order valence-electron chi connectivity index (χ0n) is 9.35. The fourth-order valence-corrected chi connectivity index (χ4v) is 2.04. The van der Waals surface area contributed by atoms with Crippen molar-refractivity contribution in [3.05, 3.63) is 33.9 Å². The van der Waals surface area contributed by atoms with Crippen LogP contribution in [0.1, 0.15) is 6.92 Å². The highest BCUT2D eigenvalue weighted by molar-refractivity contribution is 9.10. The molecule has 1 unspecified atom stereocenters. The molecule has 0 bridgehead atoms. The highest BCUT2D eigenvalue weighted by Crippen LogP contribution is 2.31.